The van der Waals surface area contributed by atoms with Crippen LogP contribution in [0.1, 0.15) is 16.9 Å². The van der Waals surface area contributed by atoms with Gasteiger partial charge in [0.05, 0.1) is 19.0 Å². The van der Waals surface area contributed by atoms with Gasteiger partial charge in [-0.1, -0.05) is 0 Å². The van der Waals surface area contributed by atoms with Crippen LogP contribution in [-0.2, 0) is 18.6 Å². The van der Waals surface area contributed by atoms with Crippen molar-refractivity contribution in [2.75, 3.05) is 18.6 Å². The van der Waals surface area contributed by atoms with Gasteiger partial charge in [-0.15, -0.1) is 0 Å². The minimum Gasteiger partial charge on any atom is -0.464 e. The van der Waals surface area contributed by atoms with Crippen molar-refractivity contribution in [3.63, 3.8) is 0 Å². The molecule has 1 atom stereocenters. The lowest BCUT2D eigenvalue weighted by Gasteiger charge is -2.15. The second-order valence-electron chi connectivity index (χ2n) is 4.20. The molecule has 2 rings (SSSR count). The first kappa shape index (κ1) is 14.7. The summed E-state index contributed by atoms with van der Waals surface area (Å²) in [5.41, 5.74) is 0.509. The summed E-state index contributed by atoms with van der Waals surface area (Å²) >= 11 is 0. The standard InChI is InChI=1S/C11H11ClN2O5S/c1-19-11(16)9-3-2-7(5-13-9)14-6-8(4-10(14)15)20(12,17)18/h2-3,5,8H,4,6H2,1H3. The molecular formula is C11H11ClN2O5S. The maximum absolute atomic E-state index is 11.8. The lowest BCUT2D eigenvalue weighted by atomic mass is 10.3. The Morgan fingerprint density at radius 3 is 2.65 bits per heavy atom. The van der Waals surface area contributed by atoms with E-state index in [0.717, 1.165) is 0 Å². The van der Waals surface area contributed by atoms with Gasteiger partial charge in [-0.25, -0.2) is 18.2 Å². The lowest BCUT2D eigenvalue weighted by Crippen LogP contribution is -2.26. The van der Waals surface area contributed by atoms with Gasteiger partial charge in [-0.2, -0.15) is 0 Å². The Kier molecular flexibility index (Phi) is 3.96. The molecule has 0 aromatic carbocycles. The normalized spacial score (nSPS) is 19.2. The minimum absolute atomic E-state index is 0.0239. The molecule has 0 aliphatic carbocycles. The number of anilines is 1. The fourth-order valence-electron chi connectivity index (χ4n) is 1.88. The molecule has 0 N–H and O–H groups in total. The Balaban J connectivity index is 2.21. The number of carbonyl (C=O) groups excluding carboxylic acids is 2. The summed E-state index contributed by atoms with van der Waals surface area (Å²) < 4.78 is 27.0. The van der Waals surface area contributed by atoms with Gasteiger partial charge >= 0.3 is 5.97 Å². The lowest BCUT2D eigenvalue weighted by molar-refractivity contribution is -0.117. The Morgan fingerprint density at radius 2 is 2.20 bits per heavy atom. The molecule has 1 aromatic heterocycles. The second-order valence-corrected chi connectivity index (χ2v) is 7.11. The van der Waals surface area contributed by atoms with Gasteiger partial charge in [0.2, 0.25) is 15.0 Å². The molecule has 0 saturated carbocycles. The number of aromatic nitrogens is 1. The van der Waals surface area contributed by atoms with Crippen molar-refractivity contribution in [2.45, 2.75) is 11.7 Å². The maximum Gasteiger partial charge on any atom is 0.356 e. The second kappa shape index (κ2) is 5.37. The monoisotopic (exact) mass is 318 g/mol. The highest BCUT2D eigenvalue weighted by Crippen LogP contribution is 2.26. The van der Waals surface area contributed by atoms with Crippen molar-refractivity contribution in [1.82, 2.24) is 4.98 Å². The number of esters is 1. The zero-order valence-corrected chi connectivity index (χ0v) is 12.0. The number of rotatable bonds is 3. The van der Waals surface area contributed by atoms with Gasteiger partial charge in [0.1, 0.15) is 10.9 Å². The van der Waals surface area contributed by atoms with E-state index in [-0.39, 0.29) is 24.6 Å². The predicted octanol–water partition coefficient (Wildman–Crippen LogP) is 0.542. The molecule has 108 valence electrons. The molecule has 7 nitrogen and oxygen atoms in total. The Hall–Kier alpha value is -1.67. The van der Waals surface area contributed by atoms with Crippen LogP contribution < -0.4 is 4.90 Å². The number of hydrogen-bond acceptors (Lipinski definition) is 6. The summed E-state index contributed by atoms with van der Waals surface area (Å²) in [6.07, 6.45) is 1.15. The smallest absolute Gasteiger partial charge is 0.356 e. The summed E-state index contributed by atoms with van der Waals surface area (Å²) in [6.45, 7) is -0.0239. The van der Waals surface area contributed by atoms with E-state index in [4.69, 9.17) is 10.7 Å². The molecule has 0 radical (unpaired) electrons. The van der Waals surface area contributed by atoms with E-state index in [1.54, 1.807) is 0 Å². The Bertz CT molecular complexity index is 643. The molecule has 9 heteroatoms. The fourth-order valence-corrected chi connectivity index (χ4v) is 2.91. The van der Waals surface area contributed by atoms with E-state index in [9.17, 15) is 18.0 Å². The highest BCUT2D eigenvalue weighted by Gasteiger charge is 2.38. The topological polar surface area (TPSA) is 93.6 Å². The van der Waals surface area contributed by atoms with Crippen LogP contribution in [0.5, 0.6) is 0 Å². The van der Waals surface area contributed by atoms with Crippen LogP contribution in [0.3, 0.4) is 0 Å². The van der Waals surface area contributed by atoms with Gasteiger partial charge in [-0.05, 0) is 12.1 Å². The molecule has 2 heterocycles. The van der Waals surface area contributed by atoms with Crippen molar-refractivity contribution in [2.24, 2.45) is 0 Å². The number of hydrogen-bond donors (Lipinski definition) is 0. The first-order chi connectivity index (χ1) is 9.32. The quantitative estimate of drug-likeness (QED) is 0.596. The molecule has 0 spiro atoms. The number of methoxy groups -OCH3 is 1. The van der Waals surface area contributed by atoms with Crippen molar-refractivity contribution in [3.8, 4) is 0 Å². The first-order valence-electron chi connectivity index (χ1n) is 5.61. The summed E-state index contributed by atoms with van der Waals surface area (Å²) in [5, 5.41) is -0.933. The van der Waals surface area contributed by atoms with Gasteiger partial charge < -0.3 is 9.64 Å². The third-order valence-corrected chi connectivity index (χ3v) is 4.81. The molecule has 1 aliphatic rings. The number of halogens is 1. The van der Waals surface area contributed by atoms with Crippen LogP contribution in [0.2, 0.25) is 0 Å². The first-order valence-corrected chi connectivity index (χ1v) is 7.98. The zero-order chi connectivity index (χ0) is 14.9. The number of nitrogens with zero attached hydrogens (tertiary/aromatic N) is 2. The van der Waals surface area contributed by atoms with E-state index in [2.05, 4.69) is 9.72 Å². The number of carbonyl (C=O) groups is 2. The average molecular weight is 319 g/mol. The van der Waals surface area contributed by atoms with Crippen molar-refractivity contribution < 1.29 is 22.7 Å². The molecular weight excluding hydrogens is 308 g/mol. The number of pyridine rings is 1. The molecule has 1 unspecified atom stereocenters. The number of ether oxygens (including phenoxy) is 1. The summed E-state index contributed by atoms with van der Waals surface area (Å²) in [4.78, 5) is 28.2. The molecule has 1 amide bonds. The molecule has 1 saturated heterocycles. The highest BCUT2D eigenvalue weighted by molar-refractivity contribution is 8.14. The van der Waals surface area contributed by atoms with E-state index in [1.807, 2.05) is 0 Å². The molecule has 1 aromatic rings. The Labute approximate surface area is 119 Å². The van der Waals surface area contributed by atoms with E-state index in [0.29, 0.717) is 5.69 Å². The number of amides is 1. The third-order valence-electron chi connectivity index (χ3n) is 2.94. The van der Waals surface area contributed by atoms with Gasteiger partial charge in [0.25, 0.3) is 0 Å². The van der Waals surface area contributed by atoms with E-state index in [1.165, 1.54) is 30.3 Å². The molecule has 0 bridgehead atoms. The van der Waals surface area contributed by atoms with Crippen LogP contribution in [0, 0.1) is 0 Å². The SMILES string of the molecule is COC(=O)c1ccc(N2CC(S(=O)(=O)Cl)CC2=O)cn1. The zero-order valence-electron chi connectivity index (χ0n) is 10.4. The maximum atomic E-state index is 11.8. The van der Waals surface area contributed by atoms with Crippen molar-refractivity contribution in [3.05, 3.63) is 24.0 Å². The van der Waals surface area contributed by atoms with Crippen molar-refractivity contribution in [1.29, 1.82) is 0 Å². The summed E-state index contributed by atoms with van der Waals surface area (Å²) in [5.74, 6) is -0.947. The fraction of sp³-hybridized carbons (Fsp3) is 0.364. The average Bonchev–Trinajstić information content (AvgIpc) is 2.80. The molecule has 1 fully saturated rings. The van der Waals surface area contributed by atoms with Crippen LogP contribution in [0.15, 0.2) is 18.3 Å². The molecule has 1 aliphatic heterocycles. The largest absolute Gasteiger partial charge is 0.464 e. The van der Waals surface area contributed by atoms with Crippen LogP contribution >= 0.6 is 10.7 Å². The van der Waals surface area contributed by atoms with Gasteiger partial charge in [0.15, 0.2) is 0 Å². The van der Waals surface area contributed by atoms with Crippen LogP contribution in [0.4, 0.5) is 5.69 Å². The van der Waals surface area contributed by atoms with Crippen LogP contribution in [-0.4, -0.2) is 44.2 Å². The summed E-state index contributed by atoms with van der Waals surface area (Å²) in [7, 11) is 2.71. The predicted molar refractivity (Wildman–Crippen MR) is 71.1 cm³/mol. The van der Waals surface area contributed by atoms with Gasteiger partial charge in [0, 0.05) is 23.6 Å². The third kappa shape index (κ3) is 2.91. The minimum atomic E-state index is -3.79. The van der Waals surface area contributed by atoms with Crippen LogP contribution in [0.25, 0.3) is 0 Å². The van der Waals surface area contributed by atoms with E-state index >= 15 is 0 Å². The van der Waals surface area contributed by atoms with Crippen molar-refractivity contribution >= 4 is 37.3 Å². The van der Waals surface area contributed by atoms with E-state index < -0.39 is 20.3 Å². The highest BCUT2D eigenvalue weighted by atomic mass is 35.7. The summed E-state index contributed by atoms with van der Waals surface area (Å²) in [6, 6.07) is 2.90. The molecule has 20 heavy (non-hydrogen) atoms. The Morgan fingerprint density at radius 1 is 1.50 bits per heavy atom. The van der Waals surface area contributed by atoms with Gasteiger partial charge in [-0.3, -0.25) is 4.79 Å².